The first-order valence-electron chi connectivity index (χ1n) is 17.3. The zero-order valence-electron chi connectivity index (χ0n) is 30.7. The second-order valence-corrected chi connectivity index (χ2v) is 13.0. The van der Waals surface area contributed by atoms with E-state index in [1.54, 1.807) is 60.7 Å². The lowest BCUT2D eigenvalue weighted by Crippen LogP contribution is -2.28. The molecule has 0 aliphatic rings. The maximum atomic E-state index is 12.8. The third kappa shape index (κ3) is 11.9. The first kappa shape index (κ1) is 40.0. The van der Waals surface area contributed by atoms with Gasteiger partial charge >= 0.3 is 11.9 Å². The van der Waals surface area contributed by atoms with Gasteiger partial charge < -0.3 is 39.2 Å². The third-order valence-electron chi connectivity index (χ3n) is 7.96. The van der Waals surface area contributed by atoms with Gasteiger partial charge in [-0.3, -0.25) is 15.1 Å². The summed E-state index contributed by atoms with van der Waals surface area (Å²) in [5, 5.41) is 22.0. The number of nitrogens with one attached hydrogen (secondary N) is 2. The summed E-state index contributed by atoms with van der Waals surface area (Å²) in [6, 6.07) is 31.9. The van der Waals surface area contributed by atoms with E-state index < -0.39 is 17.8 Å². The molecule has 13 heteroatoms. The fourth-order valence-electron chi connectivity index (χ4n) is 5.08. The van der Waals surface area contributed by atoms with Gasteiger partial charge in [-0.25, -0.2) is 9.59 Å². The Morgan fingerprint density at radius 1 is 0.625 bits per heavy atom. The maximum Gasteiger partial charge on any atom is 0.336 e. The molecule has 0 saturated heterocycles. The zero-order chi connectivity index (χ0) is 39.9. The molecule has 0 aliphatic carbocycles. The number of carbonyl (C=O) groups is 3. The van der Waals surface area contributed by atoms with E-state index in [2.05, 4.69) is 10.8 Å². The van der Waals surface area contributed by atoms with Crippen LogP contribution in [0.3, 0.4) is 0 Å². The summed E-state index contributed by atoms with van der Waals surface area (Å²) < 4.78 is 28.2. The predicted molar refractivity (Wildman–Crippen MR) is 208 cm³/mol. The van der Waals surface area contributed by atoms with Gasteiger partial charge in [-0.1, -0.05) is 44.5 Å². The van der Waals surface area contributed by atoms with Crippen molar-refractivity contribution >= 4 is 29.2 Å². The van der Waals surface area contributed by atoms with Crippen LogP contribution in [-0.2, 0) is 11.4 Å². The Balaban J connectivity index is 1.03. The van der Waals surface area contributed by atoms with Gasteiger partial charge in [0.25, 0.3) is 5.91 Å². The van der Waals surface area contributed by atoms with Gasteiger partial charge in [0, 0.05) is 11.1 Å². The Kier molecular flexibility index (Phi) is 13.8. The van der Waals surface area contributed by atoms with Crippen molar-refractivity contribution in [3.63, 3.8) is 0 Å². The average Bonchev–Trinajstić information content (AvgIpc) is 3.19. The van der Waals surface area contributed by atoms with E-state index in [4.69, 9.17) is 34.9 Å². The molecule has 5 aromatic carbocycles. The minimum Gasteiger partial charge on any atom is -0.493 e. The van der Waals surface area contributed by atoms with Crippen LogP contribution in [0.25, 0.3) is 0 Å². The summed E-state index contributed by atoms with van der Waals surface area (Å²) in [4.78, 5) is 42.0. The predicted octanol–water partition coefficient (Wildman–Crippen LogP) is 7.79. The van der Waals surface area contributed by atoms with Crippen LogP contribution in [0.15, 0.2) is 115 Å². The molecule has 56 heavy (non-hydrogen) atoms. The normalized spacial score (nSPS) is 10.7. The van der Waals surface area contributed by atoms with Crippen molar-refractivity contribution in [2.24, 2.45) is 5.41 Å². The second kappa shape index (κ2) is 19.2. The topological polar surface area (TPSA) is 171 Å². The zero-order valence-corrected chi connectivity index (χ0v) is 30.7. The monoisotopic (exact) mass is 760 g/mol. The number of ether oxygens (including phenoxy) is 5. The number of amides is 1. The lowest BCUT2D eigenvalue weighted by atomic mass is 9.96. The molecule has 4 N–H and O–H groups in total. The summed E-state index contributed by atoms with van der Waals surface area (Å²) in [5.41, 5.74) is 3.78. The van der Waals surface area contributed by atoms with E-state index in [1.807, 2.05) is 50.3 Å². The molecule has 0 saturated carbocycles. The number of carbonyl (C=O) groups excluding carboxylic acids is 1. The highest BCUT2D eigenvalue weighted by Crippen LogP contribution is 2.25. The van der Waals surface area contributed by atoms with Crippen LogP contribution < -0.4 is 34.5 Å². The summed E-state index contributed by atoms with van der Waals surface area (Å²) in [7, 11) is 0. The first-order valence-corrected chi connectivity index (χ1v) is 17.3. The SMILES string of the molecule is C#COc1ccc(C(=O)Nc2ccc(OCC(C)(C)COc3ccc(NOCc4ccc(OCCOc5ccccc5)cc4C(=O)O)cc3)cc2)c(C(=O)O)c1. The van der Waals surface area contributed by atoms with Crippen LogP contribution in [-0.4, -0.2) is 54.5 Å². The molecule has 0 bridgehead atoms. The highest BCUT2D eigenvalue weighted by atomic mass is 16.6. The molecule has 0 unspecified atom stereocenters. The van der Waals surface area contributed by atoms with E-state index in [1.165, 1.54) is 24.3 Å². The number of anilines is 2. The molecule has 0 aliphatic heterocycles. The smallest absolute Gasteiger partial charge is 0.336 e. The van der Waals surface area contributed by atoms with Crippen LogP contribution in [0.4, 0.5) is 11.4 Å². The summed E-state index contributed by atoms with van der Waals surface area (Å²) in [6.07, 6.45) is 7.07. The van der Waals surface area contributed by atoms with Gasteiger partial charge in [0.1, 0.15) is 54.7 Å². The van der Waals surface area contributed by atoms with Crippen molar-refractivity contribution < 1.29 is 53.1 Å². The summed E-state index contributed by atoms with van der Waals surface area (Å²) >= 11 is 0. The van der Waals surface area contributed by atoms with E-state index >= 15 is 0 Å². The Bertz CT molecular complexity index is 2150. The highest BCUT2D eigenvalue weighted by molar-refractivity contribution is 6.10. The number of benzene rings is 5. The van der Waals surface area contributed by atoms with Crippen LogP contribution in [0.1, 0.15) is 50.5 Å². The Morgan fingerprint density at radius 2 is 1.16 bits per heavy atom. The minimum atomic E-state index is -1.30. The van der Waals surface area contributed by atoms with Crippen molar-refractivity contribution in [3.8, 4) is 41.3 Å². The lowest BCUT2D eigenvalue weighted by molar-refractivity contribution is 0.0682. The van der Waals surface area contributed by atoms with Gasteiger partial charge in [-0.15, -0.1) is 0 Å². The van der Waals surface area contributed by atoms with E-state index in [0.717, 1.165) is 5.75 Å². The molecule has 0 spiro atoms. The molecule has 0 aromatic heterocycles. The first-order chi connectivity index (χ1) is 27.0. The summed E-state index contributed by atoms with van der Waals surface area (Å²) in [6.45, 7) is 5.22. The van der Waals surface area contributed by atoms with Crippen molar-refractivity contribution in [1.82, 2.24) is 0 Å². The average molecular weight is 761 g/mol. The second-order valence-electron chi connectivity index (χ2n) is 13.0. The van der Waals surface area contributed by atoms with Crippen molar-refractivity contribution in [3.05, 3.63) is 138 Å². The van der Waals surface area contributed by atoms with Crippen LogP contribution in [0, 0.1) is 17.9 Å². The van der Waals surface area contributed by atoms with Crippen LogP contribution in [0.2, 0.25) is 0 Å². The van der Waals surface area contributed by atoms with Gasteiger partial charge in [0.05, 0.1) is 35.6 Å². The number of rotatable bonds is 20. The molecule has 1 amide bonds. The van der Waals surface area contributed by atoms with Crippen molar-refractivity contribution in [2.75, 3.05) is 37.2 Å². The van der Waals surface area contributed by atoms with Crippen molar-refractivity contribution in [1.29, 1.82) is 0 Å². The highest BCUT2D eigenvalue weighted by Gasteiger charge is 2.21. The van der Waals surface area contributed by atoms with Gasteiger partial charge in [0.15, 0.2) is 0 Å². The molecule has 5 rings (SSSR count). The standard InChI is InChI=1S/C43H40N2O11/c1-4-51-35-20-21-37(39(25-35)42(49)50)40(46)44-30-11-16-33(17-12-30)54-27-43(2,3)28-55-34-18-13-31(14-19-34)45-56-26-29-10-15-36(24-38(29)41(47)48)53-23-22-52-32-8-6-5-7-9-32/h1,5-21,24-25,45H,22-23,26-28H2,2-3H3,(H,44,46)(H,47,48)(H,49,50). The largest absolute Gasteiger partial charge is 0.493 e. The van der Waals surface area contributed by atoms with Gasteiger partial charge in [-0.05, 0) is 96.6 Å². The molecule has 13 nitrogen and oxygen atoms in total. The van der Waals surface area contributed by atoms with Crippen LogP contribution in [0.5, 0.6) is 28.7 Å². The molecule has 0 fully saturated rings. The molecule has 288 valence electrons. The number of hydrogen-bond acceptors (Lipinski definition) is 10. The number of carboxylic acid groups (broad SMARTS) is 2. The Morgan fingerprint density at radius 3 is 1.77 bits per heavy atom. The van der Waals surface area contributed by atoms with Gasteiger partial charge in [0.2, 0.25) is 0 Å². The van der Waals surface area contributed by atoms with E-state index in [9.17, 15) is 24.6 Å². The van der Waals surface area contributed by atoms with E-state index in [0.29, 0.717) is 54.0 Å². The molecule has 0 radical (unpaired) electrons. The minimum absolute atomic E-state index is 0.00471. The number of para-hydroxylation sites is 1. The van der Waals surface area contributed by atoms with Gasteiger partial charge in [-0.2, -0.15) is 0 Å². The number of carboxylic acids is 2. The fourth-order valence-corrected chi connectivity index (χ4v) is 5.08. The molecular formula is C43H40N2O11. The summed E-state index contributed by atoms with van der Waals surface area (Å²) in [5.74, 6) is -0.534. The Labute approximate surface area is 323 Å². The maximum absolute atomic E-state index is 12.8. The van der Waals surface area contributed by atoms with Crippen LogP contribution >= 0.6 is 0 Å². The fraction of sp³-hybridized carbons (Fsp3) is 0.186. The third-order valence-corrected chi connectivity index (χ3v) is 7.96. The Hall–Kier alpha value is -7.17. The van der Waals surface area contributed by atoms with Crippen molar-refractivity contribution in [2.45, 2.75) is 20.5 Å². The number of terminal acetylenes is 1. The molecule has 0 heterocycles. The lowest BCUT2D eigenvalue weighted by Gasteiger charge is -2.25. The number of hydrogen-bond donors (Lipinski definition) is 4. The molecular weight excluding hydrogens is 720 g/mol. The quantitative estimate of drug-likeness (QED) is 0.0345. The number of aromatic carboxylic acids is 2. The van der Waals surface area contributed by atoms with E-state index in [-0.39, 0.29) is 41.1 Å². The molecule has 5 aromatic rings. The molecule has 0 atom stereocenters.